The lowest BCUT2D eigenvalue weighted by Gasteiger charge is -2.16. The Morgan fingerprint density at radius 3 is 2.52 bits per heavy atom. The maximum Gasteiger partial charge on any atom is 0.330 e. The zero-order valence-corrected chi connectivity index (χ0v) is 12.1. The van der Waals surface area contributed by atoms with Gasteiger partial charge in [0.2, 0.25) is 5.91 Å². The Balaban J connectivity index is 2.79. The quantitative estimate of drug-likeness (QED) is 0.551. The van der Waals surface area contributed by atoms with Gasteiger partial charge in [0.1, 0.15) is 17.4 Å². The van der Waals surface area contributed by atoms with Crippen LogP contribution in [0, 0.1) is 13.8 Å². The van der Waals surface area contributed by atoms with E-state index in [2.05, 4.69) is 20.5 Å². The minimum absolute atomic E-state index is 0.127. The standard InChI is InChI=1S/C12H18N4O5/c1-6-10(7(2)21-16-6)11(18)15-8(12(19)20-3)5-14-9(17)4-13/h8H,4-5,13H2,1-3H3,(H,14,17)(H,15,18)/t8-/m0/s1. The molecule has 9 heteroatoms. The van der Waals surface area contributed by atoms with Crippen LogP contribution in [0.1, 0.15) is 21.8 Å². The molecule has 0 aromatic carbocycles. The van der Waals surface area contributed by atoms with Crippen molar-refractivity contribution in [2.24, 2.45) is 5.73 Å². The number of aromatic nitrogens is 1. The summed E-state index contributed by atoms with van der Waals surface area (Å²) in [5.41, 5.74) is 5.80. The summed E-state index contributed by atoms with van der Waals surface area (Å²) in [6.45, 7) is 2.84. The van der Waals surface area contributed by atoms with Gasteiger partial charge in [-0.05, 0) is 13.8 Å². The van der Waals surface area contributed by atoms with Crippen LogP contribution < -0.4 is 16.4 Å². The number of methoxy groups -OCH3 is 1. The number of nitrogens with zero attached hydrogens (tertiary/aromatic N) is 1. The number of hydrogen-bond acceptors (Lipinski definition) is 7. The number of ether oxygens (including phenoxy) is 1. The molecule has 1 atom stereocenters. The Bertz CT molecular complexity index is 520. The van der Waals surface area contributed by atoms with E-state index in [1.54, 1.807) is 13.8 Å². The van der Waals surface area contributed by atoms with Crippen LogP contribution in [0.25, 0.3) is 0 Å². The van der Waals surface area contributed by atoms with Gasteiger partial charge in [0.05, 0.1) is 19.3 Å². The molecule has 0 aliphatic heterocycles. The number of amides is 2. The molecule has 0 radical (unpaired) electrons. The first-order chi connectivity index (χ1) is 9.90. The number of nitrogens with one attached hydrogen (secondary N) is 2. The summed E-state index contributed by atoms with van der Waals surface area (Å²) in [6, 6.07) is -1.04. The molecule has 0 saturated carbocycles. The highest BCUT2D eigenvalue weighted by atomic mass is 16.5. The van der Waals surface area contributed by atoms with Crippen LogP contribution in [0.5, 0.6) is 0 Å². The van der Waals surface area contributed by atoms with Gasteiger partial charge in [0, 0.05) is 6.54 Å². The van der Waals surface area contributed by atoms with Gasteiger partial charge < -0.3 is 25.6 Å². The Hall–Kier alpha value is -2.42. The third-order valence-corrected chi connectivity index (χ3v) is 2.74. The lowest BCUT2D eigenvalue weighted by Crippen LogP contribution is -2.49. The number of hydrogen-bond donors (Lipinski definition) is 3. The van der Waals surface area contributed by atoms with E-state index in [9.17, 15) is 14.4 Å². The van der Waals surface area contributed by atoms with E-state index in [4.69, 9.17) is 10.3 Å². The molecule has 1 aromatic heterocycles. The molecule has 0 spiro atoms. The Kier molecular flexibility index (Phi) is 5.85. The minimum atomic E-state index is -1.04. The van der Waals surface area contributed by atoms with E-state index < -0.39 is 23.8 Å². The minimum Gasteiger partial charge on any atom is -0.467 e. The van der Waals surface area contributed by atoms with Gasteiger partial charge in [-0.2, -0.15) is 0 Å². The van der Waals surface area contributed by atoms with Crippen molar-refractivity contribution in [1.29, 1.82) is 0 Å². The van der Waals surface area contributed by atoms with Gasteiger partial charge in [-0.25, -0.2) is 4.79 Å². The van der Waals surface area contributed by atoms with Gasteiger partial charge >= 0.3 is 5.97 Å². The predicted molar refractivity (Wildman–Crippen MR) is 71.3 cm³/mol. The number of rotatable bonds is 6. The second kappa shape index (κ2) is 7.39. The molecule has 116 valence electrons. The van der Waals surface area contributed by atoms with E-state index in [0.29, 0.717) is 11.5 Å². The second-order valence-corrected chi connectivity index (χ2v) is 4.26. The van der Waals surface area contributed by atoms with Crippen molar-refractivity contribution in [3.05, 3.63) is 17.0 Å². The van der Waals surface area contributed by atoms with Crippen LogP contribution >= 0.6 is 0 Å². The number of carbonyl (C=O) groups excluding carboxylic acids is 3. The lowest BCUT2D eigenvalue weighted by molar-refractivity contribution is -0.142. The maximum atomic E-state index is 12.1. The van der Waals surface area contributed by atoms with Crippen molar-refractivity contribution >= 4 is 17.8 Å². The SMILES string of the molecule is COC(=O)[C@H](CNC(=O)CN)NC(=O)c1c(C)noc1C. The molecule has 0 aliphatic carbocycles. The van der Waals surface area contributed by atoms with Crippen LogP contribution in [-0.4, -0.2) is 49.2 Å². The molecular weight excluding hydrogens is 280 g/mol. The lowest BCUT2D eigenvalue weighted by atomic mass is 10.1. The summed E-state index contributed by atoms with van der Waals surface area (Å²) in [4.78, 5) is 34.9. The molecule has 2 amide bonds. The highest BCUT2D eigenvalue weighted by Crippen LogP contribution is 2.12. The van der Waals surface area contributed by atoms with Crippen molar-refractivity contribution in [3.63, 3.8) is 0 Å². The maximum absolute atomic E-state index is 12.1. The Morgan fingerprint density at radius 2 is 2.05 bits per heavy atom. The van der Waals surface area contributed by atoms with Crippen LogP contribution in [-0.2, 0) is 14.3 Å². The van der Waals surface area contributed by atoms with Crippen molar-refractivity contribution in [2.75, 3.05) is 20.2 Å². The number of carbonyl (C=O) groups is 3. The fourth-order valence-corrected chi connectivity index (χ4v) is 1.66. The fraction of sp³-hybridized carbons (Fsp3) is 0.500. The van der Waals surface area contributed by atoms with E-state index in [1.807, 2.05) is 0 Å². The van der Waals surface area contributed by atoms with Crippen molar-refractivity contribution in [2.45, 2.75) is 19.9 Å². The molecule has 0 unspecified atom stereocenters. The second-order valence-electron chi connectivity index (χ2n) is 4.26. The van der Waals surface area contributed by atoms with Gasteiger partial charge in [-0.1, -0.05) is 5.16 Å². The van der Waals surface area contributed by atoms with Crippen LogP contribution in [0.4, 0.5) is 0 Å². The Labute approximate surface area is 121 Å². The normalized spacial score (nSPS) is 11.6. The number of nitrogens with two attached hydrogens (primary N) is 1. The summed E-state index contributed by atoms with van der Waals surface area (Å²) in [6.07, 6.45) is 0. The molecule has 9 nitrogen and oxygen atoms in total. The van der Waals surface area contributed by atoms with Gasteiger partial charge in [-0.15, -0.1) is 0 Å². The zero-order valence-electron chi connectivity index (χ0n) is 12.1. The number of aryl methyl sites for hydroxylation is 2. The van der Waals surface area contributed by atoms with Crippen LogP contribution in [0.3, 0.4) is 0 Å². The highest BCUT2D eigenvalue weighted by Gasteiger charge is 2.25. The molecule has 0 fully saturated rings. The van der Waals surface area contributed by atoms with Gasteiger partial charge in [-0.3, -0.25) is 9.59 Å². The molecule has 0 aliphatic rings. The molecule has 1 heterocycles. The molecule has 1 aromatic rings. The van der Waals surface area contributed by atoms with E-state index >= 15 is 0 Å². The monoisotopic (exact) mass is 298 g/mol. The first-order valence-corrected chi connectivity index (χ1v) is 6.19. The molecule has 21 heavy (non-hydrogen) atoms. The summed E-state index contributed by atoms with van der Waals surface area (Å²) < 4.78 is 9.47. The summed E-state index contributed by atoms with van der Waals surface area (Å²) in [7, 11) is 1.18. The molecule has 0 bridgehead atoms. The van der Waals surface area contributed by atoms with E-state index in [0.717, 1.165) is 0 Å². The average molecular weight is 298 g/mol. The molecule has 1 rings (SSSR count). The topological polar surface area (TPSA) is 137 Å². The first-order valence-electron chi connectivity index (χ1n) is 6.19. The van der Waals surface area contributed by atoms with E-state index in [1.165, 1.54) is 7.11 Å². The summed E-state index contributed by atoms with van der Waals surface area (Å²) in [5, 5.41) is 8.53. The highest BCUT2D eigenvalue weighted by molar-refractivity contribution is 5.98. The average Bonchev–Trinajstić information content (AvgIpc) is 2.81. The first kappa shape index (κ1) is 16.6. The molecule has 0 saturated heterocycles. The number of esters is 1. The molecular formula is C12H18N4O5. The zero-order chi connectivity index (χ0) is 16.0. The van der Waals surface area contributed by atoms with Crippen molar-refractivity contribution in [1.82, 2.24) is 15.8 Å². The summed E-state index contributed by atoms with van der Waals surface area (Å²) in [5.74, 6) is -1.34. The predicted octanol–water partition coefficient (Wildman–Crippen LogP) is -1.36. The van der Waals surface area contributed by atoms with Gasteiger partial charge in [0.15, 0.2) is 0 Å². The van der Waals surface area contributed by atoms with Crippen molar-refractivity contribution < 1.29 is 23.6 Å². The van der Waals surface area contributed by atoms with Crippen LogP contribution in [0.2, 0.25) is 0 Å². The third kappa shape index (κ3) is 4.28. The van der Waals surface area contributed by atoms with Gasteiger partial charge in [0.25, 0.3) is 5.91 Å². The van der Waals surface area contributed by atoms with Crippen LogP contribution in [0.15, 0.2) is 4.52 Å². The largest absolute Gasteiger partial charge is 0.467 e. The smallest absolute Gasteiger partial charge is 0.330 e. The Morgan fingerprint density at radius 1 is 1.38 bits per heavy atom. The van der Waals surface area contributed by atoms with E-state index in [-0.39, 0.29) is 18.7 Å². The molecule has 4 N–H and O–H groups in total. The van der Waals surface area contributed by atoms with Crippen molar-refractivity contribution in [3.8, 4) is 0 Å². The summed E-state index contributed by atoms with van der Waals surface area (Å²) >= 11 is 0. The fourth-order valence-electron chi connectivity index (χ4n) is 1.66. The third-order valence-electron chi connectivity index (χ3n) is 2.74.